The van der Waals surface area contributed by atoms with Crippen molar-refractivity contribution in [3.8, 4) is 0 Å². The van der Waals surface area contributed by atoms with Gasteiger partial charge in [-0.2, -0.15) is 0 Å². The molecule has 0 aliphatic heterocycles. The summed E-state index contributed by atoms with van der Waals surface area (Å²) in [4.78, 5) is 12.2. The van der Waals surface area contributed by atoms with Crippen molar-refractivity contribution in [1.29, 1.82) is 0 Å². The highest BCUT2D eigenvalue weighted by Gasteiger charge is 2.30. The molecule has 1 atom stereocenters. The van der Waals surface area contributed by atoms with Crippen molar-refractivity contribution >= 4 is 21.4 Å². The molecule has 2 N–H and O–H groups in total. The van der Waals surface area contributed by atoms with Crippen LogP contribution >= 0.6 is 0 Å². The fraction of sp³-hybridized carbons (Fsp3) is 0.588. The lowest BCUT2D eigenvalue weighted by Crippen LogP contribution is -2.39. The normalized spacial score (nSPS) is 16.8. The number of hydrogen-bond acceptors (Lipinski definition) is 5. The molecule has 2 rings (SSSR count). The Hall–Kier alpha value is -1.60. The molecule has 0 heterocycles. The van der Waals surface area contributed by atoms with Gasteiger partial charge in [0.15, 0.2) is 9.84 Å². The van der Waals surface area contributed by atoms with Gasteiger partial charge in [0.05, 0.1) is 23.3 Å². The van der Waals surface area contributed by atoms with Crippen molar-refractivity contribution in [2.45, 2.75) is 48.8 Å². The summed E-state index contributed by atoms with van der Waals surface area (Å²) in [6, 6.07) is 6.63. The fourth-order valence-electron chi connectivity index (χ4n) is 2.97. The molecule has 0 spiro atoms. The summed E-state index contributed by atoms with van der Waals surface area (Å²) in [5, 5.41) is 5.50. The summed E-state index contributed by atoms with van der Waals surface area (Å²) >= 11 is 0. The largest absolute Gasteiger partial charge is 0.383 e. The van der Waals surface area contributed by atoms with Gasteiger partial charge in [-0.25, -0.2) is 8.42 Å². The molecule has 24 heavy (non-hydrogen) atoms. The fourth-order valence-corrected chi connectivity index (χ4v) is 4.87. The first kappa shape index (κ1) is 18.7. The number of carbonyl (C=O) groups excluding carboxylic acids is 1. The van der Waals surface area contributed by atoms with Crippen LogP contribution in [-0.2, 0) is 19.4 Å². The van der Waals surface area contributed by atoms with Crippen molar-refractivity contribution in [3.63, 3.8) is 0 Å². The van der Waals surface area contributed by atoms with Gasteiger partial charge in [-0.1, -0.05) is 18.9 Å². The van der Waals surface area contributed by atoms with E-state index in [0.717, 1.165) is 25.7 Å². The quantitative estimate of drug-likeness (QED) is 0.745. The van der Waals surface area contributed by atoms with E-state index >= 15 is 0 Å². The van der Waals surface area contributed by atoms with Crippen molar-refractivity contribution in [2.24, 2.45) is 0 Å². The third-order valence-corrected chi connectivity index (χ3v) is 6.44. The van der Waals surface area contributed by atoms with E-state index in [1.807, 2.05) is 6.92 Å². The van der Waals surface area contributed by atoms with Gasteiger partial charge in [0.1, 0.15) is 0 Å². The zero-order valence-electron chi connectivity index (χ0n) is 14.2. The van der Waals surface area contributed by atoms with E-state index in [1.54, 1.807) is 31.4 Å². The number of benzene rings is 1. The van der Waals surface area contributed by atoms with Crippen molar-refractivity contribution in [3.05, 3.63) is 24.3 Å². The van der Waals surface area contributed by atoms with Gasteiger partial charge < -0.3 is 15.4 Å². The summed E-state index contributed by atoms with van der Waals surface area (Å²) in [6.45, 7) is 2.39. The second-order valence-corrected chi connectivity index (χ2v) is 8.48. The first-order valence-electron chi connectivity index (χ1n) is 8.29. The van der Waals surface area contributed by atoms with E-state index in [0.29, 0.717) is 17.2 Å². The van der Waals surface area contributed by atoms with Gasteiger partial charge in [0.2, 0.25) is 5.91 Å². The number of hydrogen-bond donors (Lipinski definition) is 2. The topological polar surface area (TPSA) is 84.5 Å². The van der Waals surface area contributed by atoms with Gasteiger partial charge in [-0.3, -0.25) is 4.79 Å². The first-order valence-corrected chi connectivity index (χ1v) is 9.84. The molecule has 1 aromatic rings. The smallest absolute Gasteiger partial charge is 0.239 e. The minimum absolute atomic E-state index is 0.0709. The van der Waals surface area contributed by atoms with Gasteiger partial charge >= 0.3 is 0 Å². The molecular weight excluding hydrogens is 328 g/mol. The second kappa shape index (κ2) is 8.48. The number of sulfone groups is 1. The molecule has 1 aromatic carbocycles. The number of nitrogens with one attached hydrogen (secondary N) is 2. The standard InChI is InChI=1S/C17H26N2O4S/c1-13(12-23-2)19-17(20)11-18-14-6-5-9-16(10-14)24(21,22)15-7-3-4-8-15/h5-6,9-10,13,15,18H,3-4,7-8,11-12H2,1-2H3,(H,19,20). The van der Waals surface area contributed by atoms with Crippen LogP contribution in [0.25, 0.3) is 0 Å². The lowest BCUT2D eigenvalue weighted by Gasteiger charge is -2.15. The Bertz CT molecular complexity index is 654. The van der Waals surface area contributed by atoms with Crippen molar-refractivity contribution in [1.82, 2.24) is 5.32 Å². The maximum Gasteiger partial charge on any atom is 0.239 e. The molecule has 0 radical (unpaired) electrons. The van der Waals surface area contributed by atoms with E-state index in [9.17, 15) is 13.2 Å². The summed E-state index contributed by atoms with van der Waals surface area (Å²) in [7, 11) is -1.70. The van der Waals surface area contributed by atoms with Crippen molar-refractivity contribution < 1.29 is 17.9 Å². The zero-order valence-corrected chi connectivity index (χ0v) is 15.1. The van der Waals surface area contributed by atoms with Crippen LogP contribution in [-0.4, -0.2) is 45.9 Å². The van der Waals surface area contributed by atoms with Crippen LogP contribution < -0.4 is 10.6 Å². The summed E-state index contributed by atoms with van der Waals surface area (Å²) in [6.07, 6.45) is 3.42. The maximum atomic E-state index is 12.6. The summed E-state index contributed by atoms with van der Waals surface area (Å²) < 4.78 is 30.2. The van der Waals surface area contributed by atoms with Crippen LogP contribution in [0.5, 0.6) is 0 Å². The Morgan fingerprint density at radius 3 is 2.71 bits per heavy atom. The second-order valence-electron chi connectivity index (χ2n) is 6.26. The van der Waals surface area contributed by atoms with Gasteiger partial charge in [0, 0.05) is 18.8 Å². The van der Waals surface area contributed by atoms with Crippen LogP contribution in [0.1, 0.15) is 32.6 Å². The molecule has 6 nitrogen and oxygen atoms in total. The Balaban J connectivity index is 1.96. The zero-order chi connectivity index (χ0) is 17.6. The van der Waals surface area contributed by atoms with Gasteiger partial charge in [0.25, 0.3) is 0 Å². The molecule has 1 amide bonds. The minimum Gasteiger partial charge on any atom is -0.383 e. The molecule has 0 saturated heterocycles. The Morgan fingerprint density at radius 1 is 1.33 bits per heavy atom. The molecule has 0 bridgehead atoms. The van der Waals surface area contributed by atoms with E-state index in [4.69, 9.17) is 4.74 Å². The van der Waals surface area contributed by atoms with Crippen molar-refractivity contribution in [2.75, 3.05) is 25.6 Å². The number of amides is 1. The predicted molar refractivity (Wildman–Crippen MR) is 93.9 cm³/mol. The molecule has 1 saturated carbocycles. The maximum absolute atomic E-state index is 12.6. The van der Waals surface area contributed by atoms with Crippen LogP contribution in [0.15, 0.2) is 29.2 Å². The molecule has 7 heteroatoms. The number of ether oxygens (including phenoxy) is 1. The first-order chi connectivity index (χ1) is 11.4. The number of methoxy groups -OCH3 is 1. The summed E-state index contributed by atoms with van der Waals surface area (Å²) in [5.74, 6) is -0.163. The number of anilines is 1. The monoisotopic (exact) mass is 354 g/mol. The Morgan fingerprint density at radius 2 is 2.04 bits per heavy atom. The minimum atomic E-state index is -3.28. The molecule has 1 aliphatic rings. The third-order valence-electron chi connectivity index (χ3n) is 4.18. The molecule has 1 fully saturated rings. The average Bonchev–Trinajstić information content (AvgIpc) is 3.08. The molecule has 0 aromatic heterocycles. The Kier molecular flexibility index (Phi) is 6.62. The molecule has 1 aliphatic carbocycles. The van der Waals surface area contributed by atoms with E-state index in [1.165, 1.54) is 0 Å². The van der Waals surface area contributed by atoms with Crippen LogP contribution in [0.2, 0.25) is 0 Å². The molecule has 134 valence electrons. The van der Waals surface area contributed by atoms with E-state index in [2.05, 4.69) is 10.6 Å². The predicted octanol–water partition coefficient (Wildman–Crippen LogP) is 1.97. The van der Waals surface area contributed by atoms with Gasteiger partial charge in [-0.15, -0.1) is 0 Å². The van der Waals surface area contributed by atoms with Gasteiger partial charge in [-0.05, 0) is 38.0 Å². The highest BCUT2D eigenvalue weighted by molar-refractivity contribution is 7.92. The lowest BCUT2D eigenvalue weighted by molar-refractivity contribution is -0.120. The molecular formula is C17H26N2O4S. The van der Waals surface area contributed by atoms with Crippen LogP contribution in [0.3, 0.4) is 0 Å². The number of carbonyl (C=O) groups is 1. The highest BCUT2D eigenvalue weighted by atomic mass is 32.2. The lowest BCUT2D eigenvalue weighted by atomic mass is 10.3. The van der Waals surface area contributed by atoms with E-state index in [-0.39, 0.29) is 23.7 Å². The average molecular weight is 354 g/mol. The molecule has 1 unspecified atom stereocenters. The SMILES string of the molecule is COCC(C)NC(=O)CNc1cccc(S(=O)(=O)C2CCCC2)c1. The van der Waals surface area contributed by atoms with E-state index < -0.39 is 9.84 Å². The van der Waals surface area contributed by atoms with Crippen LogP contribution in [0, 0.1) is 0 Å². The third kappa shape index (κ3) is 4.95. The highest BCUT2D eigenvalue weighted by Crippen LogP contribution is 2.30. The Labute approximate surface area is 143 Å². The summed E-state index contributed by atoms with van der Waals surface area (Å²) in [5.41, 5.74) is 0.628. The van der Waals surface area contributed by atoms with Crippen LogP contribution in [0.4, 0.5) is 5.69 Å². The number of rotatable bonds is 8.